The van der Waals surface area contributed by atoms with Crippen molar-refractivity contribution in [3.05, 3.63) is 12.5 Å². The molecule has 0 saturated carbocycles. The van der Waals surface area contributed by atoms with Crippen LogP contribution in [0.2, 0.25) is 0 Å². The smallest absolute Gasteiger partial charge is 0.268 e. The summed E-state index contributed by atoms with van der Waals surface area (Å²) in [5.74, 6) is 0.489. The van der Waals surface area contributed by atoms with Gasteiger partial charge >= 0.3 is 0 Å². The Bertz CT molecular complexity index is 174. The molecule has 56 valence electrons. The Hall–Kier alpha value is -0.990. The monoisotopic (exact) mass is 141 g/mol. The molecule has 0 bridgehead atoms. The molecule has 1 aliphatic rings. The maximum atomic E-state index is 10.9. The topological polar surface area (TPSA) is 38.3 Å². The number of carbonyl (C=O) groups excluding carboxylic acids is 1. The molecule has 1 rings (SSSR count). The van der Waals surface area contributed by atoms with Gasteiger partial charge in [0.1, 0.15) is 0 Å². The number of amides is 1. The van der Waals surface area contributed by atoms with Gasteiger partial charge in [-0.1, -0.05) is 13.8 Å². The van der Waals surface area contributed by atoms with E-state index < -0.39 is 0 Å². The molecule has 0 aromatic heterocycles. The number of hydrogen-bond donors (Lipinski definition) is 1. The quantitative estimate of drug-likeness (QED) is 0.581. The van der Waals surface area contributed by atoms with Crippen molar-refractivity contribution in [3.63, 3.8) is 0 Å². The molecule has 1 N–H and O–H groups in total. The van der Waals surface area contributed by atoms with Gasteiger partial charge in [-0.25, -0.2) is 0 Å². The van der Waals surface area contributed by atoms with Crippen LogP contribution < -0.4 is 5.32 Å². The highest BCUT2D eigenvalue weighted by atomic mass is 16.5. The second kappa shape index (κ2) is 2.33. The van der Waals surface area contributed by atoms with Crippen LogP contribution in [0.15, 0.2) is 12.5 Å². The average Bonchev–Trinajstić information content (AvgIpc) is 2.10. The van der Waals surface area contributed by atoms with E-state index in [1.54, 1.807) is 0 Å². The third kappa shape index (κ3) is 1.12. The van der Waals surface area contributed by atoms with Crippen LogP contribution in [0.25, 0.3) is 0 Å². The summed E-state index contributed by atoms with van der Waals surface area (Å²) in [4.78, 5) is 10.9. The van der Waals surface area contributed by atoms with Crippen LogP contribution >= 0.6 is 0 Å². The Kier molecular flexibility index (Phi) is 1.66. The van der Waals surface area contributed by atoms with Crippen LogP contribution in [0.3, 0.4) is 0 Å². The molecule has 0 aliphatic carbocycles. The van der Waals surface area contributed by atoms with Crippen molar-refractivity contribution in [2.24, 2.45) is 5.92 Å². The lowest BCUT2D eigenvalue weighted by molar-refractivity contribution is -0.125. The molecule has 1 unspecified atom stereocenters. The molecule has 3 heteroatoms. The molecule has 1 atom stereocenters. The highest BCUT2D eigenvalue weighted by Crippen LogP contribution is 2.15. The van der Waals surface area contributed by atoms with Crippen LogP contribution in [-0.4, -0.2) is 12.0 Å². The van der Waals surface area contributed by atoms with E-state index in [4.69, 9.17) is 4.74 Å². The van der Waals surface area contributed by atoms with Crippen molar-refractivity contribution >= 4 is 5.91 Å². The molecule has 1 saturated heterocycles. The summed E-state index contributed by atoms with van der Waals surface area (Å²) >= 11 is 0. The van der Waals surface area contributed by atoms with Crippen LogP contribution in [0, 0.1) is 5.92 Å². The maximum Gasteiger partial charge on any atom is 0.268 e. The minimum Gasteiger partial charge on any atom is -0.466 e. The first-order chi connectivity index (χ1) is 4.61. The average molecular weight is 141 g/mol. The van der Waals surface area contributed by atoms with E-state index in [1.807, 2.05) is 13.8 Å². The number of nitrogens with one attached hydrogen (secondary N) is 1. The lowest BCUT2D eigenvalue weighted by atomic mass is 10.1. The largest absolute Gasteiger partial charge is 0.466 e. The van der Waals surface area contributed by atoms with Crippen LogP contribution in [0.1, 0.15) is 13.8 Å². The normalized spacial score (nSPS) is 24.9. The molecule has 10 heavy (non-hydrogen) atoms. The molecule has 1 aliphatic heterocycles. The Morgan fingerprint density at radius 2 is 2.30 bits per heavy atom. The summed E-state index contributed by atoms with van der Waals surface area (Å²) in [6.45, 7) is 7.35. The second-order valence-electron chi connectivity index (χ2n) is 2.69. The third-order valence-corrected chi connectivity index (χ3v) is 1.40. The van der Waals surface area contributed by atoms with Crippen LogP contribution in [0.5, 0.6) is 0 Å². The predicted octanol–water partition coefficient (Wildman–Crippen LogP) is 0.629. The van der Waals surface area contributed by atoms with Gasteiger partial charge in [0, 0.05) is 0 Å². The van der Waals surface area contributed by atoms with Crippen molar-refractivity contribution in [1.29, 1.82) is 0 Å². The van der Waals surface area contributed by atoms with E-state index in [0.717, 1.165) is 0 Å². The van der Waals surface area contributed by atoms with E-state index in [9.17, 15) is 4.79 Å². The van der Waals surface area contributed by atoms with Crippen molar-refractivity contribution in [1.82, 2.24) is 5.32 Å². The van der Waals surface area contributed by atoms with E-state index in [1.165, 1.54) is 0 Å². The number of carbonyl (C=O) groups is 1. The molecule has 1 fully saturated rings. The van der Waals surface area contributed by atoms with Gasteiger partial charge in [0.25, 0.3) is 5.91 Å². The summed E-state index contributed by atoms with van der Waals surface area (Å²) in [6.07, 6.45) is -0.340. The summed E-state index contributed by atoms with van der Waals surface area (Å²) in [5, 5.41) is 2.49. The maximum absolute atomic E-state index is 10.9. The predicted molar refractivity (Wildman–Crippen MR) is 37.0 cm³/mol. The third-order valence-electron chi connectivity index (χ3n) is 1.40. The first-order valence-electron chi connectivity index (χ1n) is 3.27. The van der Waals surface area contributed by atoms with Gasteiger partial charge in [-0.3, -0.25) is 10.1 Å². The standard InChI is InChI=1S/C7H11NO2/c1-4(2)6-7(9)8-5(3)10-6/h4,6H,3H2,1-2H3,(H,8,9). The SMILES string of the molecule is C=C1NC(=O)C(C(C)C)O1. The van der Waals surface area contributed by atoms with Gasteiger partial charge in [0.15, 0.2) is 12.0 Å². The van der Waals surface area contributed by atoms with Crippen molar-refractivity contribution in [2.45, 2.75) is 20.0 Å². The van der Waals surface area contributed by atoms with Gasteiger partial charge in [-0.05, 0) is 12.5 Å². The van der Waals surface area contributed by atoms with E-state index in [-0.39, 0.29) is 17.9 Å². The van der Waals surface area contributed by atoms with E-state index >= 15 is 0 Å². The Labute approximate surface area is 60.1 Å². The van der Waals surface area contributed by atoms with Gasteiger partial charge in [0.2, 0.25) is 0 Å². The fourth-order valence-electron chi connectivity index (χ4n) is 0.884. The molecule has 0 spiro atoms. The zero-order valence-electron chi connectivity index (χ0n) is 6.18. The van der Waals surface area contributed by atoms with E-state index in [0.29, 0.717) is 5.88 Å². The zero-order chi connectivity index (χ0) is 7.72. The summed E-state index contributed by atoms with van der Waals surface area (Å²) in [6, 6.07) is 0. The summed E-state index contributed by atoms with van der Waals surface area (Å²) in [7, 11) is 0. The Morgan fingerprint density at radius 3 is 2.50 bits per heavy atom. The number of hydrogen-bond acceptors (Lipinski definition) is 2. The summed E-state index contributed by atoms with van der Waals surface area (Å²) in [5.41, 5.74) is 0. The minimum atomic E-state index is -0.340. The molecule has 1 amide bonds. The molecule has 1 heterocycles. The van der Waals surface area contributed by atoms with Gasteiger partial charge < -0.3 is 4.74 Å². The van der Waals surface area contributed by atoms with Crippen LogP contribution in [-0.2, 0) is 9.53 Å². The van der Waals surface area contributed by atoms with Crippen molar-refractivity contribution in [2.75, 3.05) is 0 Å². The second-order valence-corrected chi connectivity index (χ2v) is 2.69. The molecular weight excluding hydrogens is 130 g/mol. The molecule has 0 radical (unpaired) electrons. The molecule has 3 nitrogen and oxygen atoms in total. The fraction of sp³-hybridized carbons (Fsp3) is 0.571. The molecule has 0 aromatic rings. The molecule has 0 aromatic carbocycles. The van der Waals surface area contributed by atoms with Gasteiger partial charge in [0.05, 0.1) is 0 Å². The highest BCUT2D eigenvalue weighted by molar-refractivity contribution is 5.84. The lowest BCUT2D eigenvalue weighted by Gasteiger charge is -2.09. The van der Waals surface area contributed by atoms with Gasteiger partial charge in [-0.15, -0.1) is 0 Å². The Morgan fingerprint density at radius 1 is 1.70 bits per heavy atom. The van der Waals surface area contributed by atoms with Gasteiger partial charge in [-0.2, -0.15) is 0 Å². The number of rotatable bonds is 1. The first kappa shape index (κ1) is 7.12. The summed E-state index contributed by atoms with van der Waals surface area (Å²) < 4.78 is 5.08. The fourth-order valence-corrected chi connectivity index (χ4v) is 0.884. The zero-order valence-corrected chi connectivity index (χ0v) is 6.18. The lowest BCUT2D eigenvalue weighted by Crippen LogP contribution is -2.27. The Balaban J connectivity index is 2.63. The molecular formula is C7H11NO2. The minimum absolute atomic E-state index is 0.0833. The van der Waals surface area contributed by atoms with Crippen LogP contribution in [0.4, 0.5) is 0 Å². The van der Waals surface area contributed by atoms with Crippen molar-refractivity contribution < 1.29 is 9.53 Å². The van der Waals surface area contributed by atoms with Crippen molar-refractivity contribution in [3.8, 4) is 0 Å². The van der Waals surface area contributed by atoms with E-state index in [2.05, 4.69) is 11.9 Å². The number of ether oxygens (including phenoxy) is 1. The first-order valence-corrected chi connectivity index (χ1v) is 3.27. The highest BCUT2D eigenvalue weighted by Gasteiger charge is 2.30.